The van der Waals surface area contributed by atoms with E-state index in [0.717, 1.165) is 48.7 Å². The normalized spacial score (nSPS) is 11.5. The lowest BCUT2D eigenvalue weighted by molar-refractivity contribution is 0.197. The third-order valence-corrected chi connectivity index (χ3v) is 4.41. The minimum absolute atomic E-state index is 0.740. The van der Waals surface area contributed by atoms with Crippen molar-refractivity contribution < 1.29 is 4.74 Å². The van der Waals surface area contributed by atoms with Gasteiger partial charge >= 0.3 is 0 Å². The number of imidazole rings is 1. The average molecular weight is 364 g/mol. The van der Waals surface area contributed by atoms with Crippen LogP contribution in [-0.4, -0.2) is 34.9 Å². The summed E-state index contributed by atoms with van der Waals surface area (Å²) in [6.07, 6.45) is 10.8. The van der Waals surface area contributed by atoms with Gasteiger partial charge in [0.25, 0.3) is 0 Å². The summed E-state index contributed by atoms with van der Waals surface area (Å²) >= 11 is 0. The fourth-order valence-corrected chi connectivity index (χ4v) is 2.94. The Labute approximate surface area is 161 Å². The molecule has 0 atom stereocenters. The van der Waals surface area contributed by atoms with Crippen molar-refractivity contribution in [2.45, 2.75) is 32.6 Å². The molecule has 142 valence electrons. The van der Waals surface area contributed by atoms with Gasteiger partial charge in [0.1, 0.15) is 5.82 Å². The van der Waals surface area contributed by atoms with Crippen molar-refractivity contribution in [2.24, 2.45) is 0 Å². The first-order chi connectivity index (χ1) is 13.3. The Balaban J connectivity index is 1.80. The van der Waals surface area contributed by atoms with Crippen LogP contribution in [-0.2, 0) is 4.74 Å². The number of anilines is 1. The van der Waals surface area contributed by atoms with Gasteiger partial charge in [0.2, 0.25) is 0 Å². The van der Waals surface area contributed by atoms with E-state index in [4.69, 9.17) is 9.84 Å². The number of benzene rings is 1. The molecule has 0 aliphatic rings. The highest BCUT2D eigenvalue weighted by atomic mass is 16.5. The van der Waals surface area contributed by atoms with Gasteiger partial charge in [0.05, 0.1) is 11.9 Å². The van der Waals surface area contributed by atoms with Gasteiger partial charge in [-0.25, -0.2) is 9.50 Å². The summed E-state index contributed by atoms with van der Waals surface area (Å²) in [5.74, 6) is 0.841. The topological polar surface area (TPSA) is 51.5 Å². The molecule has 0 fully saturated rings. The second-order valence-corrected chi connectivity index (χ2v) is 6.58. The van der Waals surface area contributed by atoms with Crippen molar-refractivity contribution in [2.75, 3.05) is 25.6 Å². The van der Waals surface area contributed by atoms with E-state index in [0.29, 0.717) is 0 Å². The summed E-state index contributed by atoms with van der Waals surface area (Å²) < 4.78 is 6.99. The van der Waals surface area contributed by atoms with Crippen LogP contribution < -0.4 is 5.32 Å². The van der Waals surface area contributed by atoms with Gasteiger partial charge in [-0.15, -0.1) is 5.10 Å². The zero-order valence-corrected chi connectivity index (χ0v) is 16.2. The van der Waals surface area contributed by atoms with Crippen molar-refractivity contribution in [3.63, 3.8) is 0 Å². The molecule has 3 rings (SSSR count). The third kappa shape index (κ3) is 5.17. The summed E-state index contributed by atoms with van der Waals surface area (Å²) in [7, 11) is 1.72. The summed E-state index contributed by atoms with van der Waals surface area (Å²) in [6.45, 7) is 3.78. The van der Waals surface area contributed by atoms with Gasteiger partial charge < -0.3 is 10.1 Å². The molecule has 0 aliphatic carbocycles. The zero-order valence-electron chi connectivity index (χ0n) is 16.2. The van der Waals surface area contributed by atoms with E-state index in [-0.39, 0.29) is 0 Å². The Morgan fingerprint density at radius 3 is 2.96 bits per heavy atom. The van der Waals surface area contributed by atoms with Gasteiger partial charge in [0, 0.05) is 25.8 Å². The SMILES string of the molecule is CCCC/C=C/c1cccc(-c2cnc3ccc(NCCCOC)nn23)c1. The Morgan fingerprint density at radius 1 is 1.19 bits per heavy atom. The smallest absolute Gasteiger partial charge is 0.154 e. The monoisotopic (exact) mass is 364 g/mol. The lowest BCUT2D eigenvalue weighted by Crippen LogP contribution is -2.08. The van der Waals surface area contributed by atoms with Gasteiger partial charge in [-0.2, -0.15) is 0 Å². The van der Waals surface area contributed by atoms with Crippen molar-refractivity contribution in [1.29, 1.82) is 0 Å². The Morgan fingerprint density at radius 2 is 2.11 bits per heavy atom. The van der Waals surface area contributed by atoms with Crippen LogP contribution in [0.1, 0.15) is 38.2 Å². The van der Waals surface area contributed by atoms with Crippen LogP contribution in [0.4, 0.5) is 5.82 Å². The molecule has 0 spiro atoms. The van der Waals surface area contributed by atoms with Gasteiger partial charge in [-0.3, -0.25) is 0 Å². The second kappa shape index (κ2) is 9.88. The van der Waals surface area contributed by atoms with E-state index in [1.54, 1.807) is 7.11 Å². The van der Waals surface area contributed by atoms with Crippen LogP contribution in [0.2, 0.25) is 0 Å². The van der Waals surface area contributed by atoms with E-state index in [1.807, 2.05) is 22.8 Å². The number of allylic oxidation sites excluding steroid dienone is 1. The first-order valence-electron chi connectivity index (χ1n) is 9.66. The zero-order chi connectivity index (χ0) is 18.9. The molecule has 0 amide bonds. The molecule has 2 aromatic heterocycles. The number of aromatic nitrogens is 3. The Hall–Kier alpha value is -2.66. The van der Waals surface area contributed by atoms with Crippen molar-refractivity contribution in [3.8, 4) is 11.3 Å². The van der Waals surface area contributed by atoms with Crippen molar-refractivity contribution in [3.05, 3.63) is 54.2 Å². The summed E-state index contributed by atoms with van der Waals surface area (Å²) in [5.41, 5.74) is 4.15. The fourth-order valence-electron chi connectivity index (χ4n) is 2.94. The molecule has 0 radical (unpaired) electrons. The molecule has 0 saturated carbocycles. The number of nitrogens with one attached hydrogen (secondary N) is 1. The predicted molar refractivity (Wildman–Crippen MR) is 112 cm³/mol. The molecule has 1 aromatic carbocycles. The lowest BCUT2D eigenvalue weighted by atomic mass is 10.1. The average Bonchev–Trinajstić information content (AvgIpc) is 3.12. The highest BCUT2D eigenvalue weighted by molar-refractivity contribution is 5.67. The van der Waals surface area contributed by atoms with E-state index in [2.05, 4.69) is 53.6 Å². The maximum atomic E-state index is 5.09. The van der Waals surface area contributed by atoms with E-state index < -0.39 is 0 Å². The predicted octanol–water partition coefficient (Wildman–Crippen LogP) is 5.05. The van der Waals surface area contributed by atoms with Crippen LogP contribution in [0.5, 0.6) is 0 Å². The van der Waals surface area contributed by atoms with Crippen molar-refractivity contribution >= 4 is 17.5 Å². The summed E-state index contributed by atoms with van der Waals surface area (Å²) in [5, 5.41) is 8.05. The molecule has 0 saturated heterocycles. The van der Waals surface area contributed by atoms with Gasteiger partial charge in [-0.05, 0) is 36.6 Å². The number of nitrogens with zero attached hydrogens (tertiary/aromatic N) is 3. The molecule has 5 nitrogen and oxygen atoms in total. The largest absolute Gasteiger partial charge is 0.385 e. The molecule has 5 heteroatoms. The second-order valence-electron chi connectivity index (χ2n) is 6.58. The van der Waals surface area contributed by atoms with E-state index in [1.165, 1.54) is 18.4 Å². The van der Waals surface area contributed by atoms with E-state index in [9.17, 15) is 0 Å². The fraction of sp³-hybridized carbons (Fsp3) is 0.364. The minimum Gasteiger partial charge on any atom is -0.385 e. The number of unbranched alkanes of at least 4 members (excludes halogenated alkanes) is 2. The molecule has 0 bridgehead atoms. The van der Waals surface area contributed by atoms with Gasteiger partial charge in [0.15, 0.2) is 5.65 Å². The van der Waals surface area contributed by atoms with Crippen molar-refractivity contribution in [1.82, 2.24) is 14.6 Å². The molecular weight excluding hydrogens is 336 g/mol. The molecule has 27 heavy (non-hydrogen) atoms. The van der Waals surface area contributed by atoms with Gasteiger partial charge in [-0.1, -0.05) is 50.1 Å². The third-order valence-electron chi connectivity index (χ3n) is 4.41. The van der Waals surface area contributed by atoms with Crippen LogP contribution in [0.3, 0.4) is 0 Å². The Bertz CT molecular complexity index is 885. The highest BCUT2D eigenvalue weighted by Crippen LogP contribution is 2.22. The Kier molecular flexibility index (Phi) is 6.99. The number of hydrogen-bond donors (Lipinski definition) is 1. The quantitative estimate of drug-likeness (QED) is 0.512. The summed E-state index contributed by atoms with van der Waals surface area (Å²) in [6, 6.07) is 12.5. The molecule has 2 heterocycles. The standard InChI is InChI=1S/C22H28N4O/c1-3-4-5-6-9-18-10-7-11-19(16-18)20-17-24-22-13-12-21(25-26(20)22)23-14-8-15-27-2/h6-7,9-13,16-17H,3-5,8,14-15H2,1-2H3,(H,23,25)/b9-6+. The maximum Gasteiger partial charge on any atom is 0.154 e. The number of methoxy groups -OCH3 is 1. The maximum absolute atomic E-state index is 5.09. The van der Waals surface area contributed by atoms with Crippen LogP contribution >= 0.6 is 0 Å². The van der Waals surface area contributed by atoms with Crippen LogP contribution in [0, 0.1) is 0 Å². The molecule has 3 aromatic rings. The molecule has 1 N–H and O–H groups in total. The number of fused-ring (bicyclic) bond motifs is 1. The number of rotatable bonds is 10. The lowest BCUT2D eigenvalue weighted by Gasteiger charge is -2.07. The molecule has 0 unspecified atom stereocenters. The first kappa shape index (κ1) is 19.1. The number of hydrogen-bond acceptors (Lipinski definition) is 4. The van der Waals surface area contributed by atoms with Crippen LogP contribution in [0.25, 0.3) is 23.0 Å². The number of ether oxygens (including phenoxy) is 1. The van der Waals surface area contributed by atoms with Crippen LogP contribution in [0.15, 0.2) is 48.7 Å². The highest BCUT2D eigenvalue weighted by Gasteiger charge is 2.08. The molecular formula is C22H28N4O. The first-order valence-corrected chi connectivity index (χ1v) is 9.66. The van der Waals surface area contributed by atoms with E-state index >= 15 is 0 Å². The minimum atomic E-state index is 0.740. The summed E-state index contributed by atoms with van der Waals surface area (Å²) in [4.78, 5) is 4.50. The molecule has 0 aliphatic heterocycles.